The van der Waals surface area contributed by atoms with Crippen LogP contribution in [0.1, 0.15) is 23.9 Å². The zero-order valence-corrected chi connectivity index (χ0v) is 15.8. The third-order valence-corrected chi connectivity index (χ3v) is 5.06. The highest BCUT2D eigenvalue weighted by molar-refractivity contribution is 8.18. The number of aromatic nitrogens is 1. The molecule has 1 aromatic rings. The number of nitrogens with zero attached hydrogens (tertiary/aromatic N) is 2. The Morgan fingerprint density at radius 1 is 1.32 bits per heavy atom. The van der Waals surface area contributed by atoms with Gasteiger partial charge in [-0.15, -0.1) is 0 Å². The molecule has 136 valence electrons. The van der Waals surface area contributed by atoms with Crippen LogP contribution in [0.2, 0.25) is 0 Å². The molecule has 0 spiro atoms. The van der Waals surface area contributed by atoms with Gasteiger partial charge >= 0.3 is 5.97 Å². The normalized spacial score (nSPS) is 17.5. The van der Waals surface area contributed by atoms with Crippen molar-refractivity contribution in [2.45, 2.75) is 33.4 Å². The van der Waals surface area contributed by atoms with Crippen molar-refractivity contribution in [1.29, 1.82) is 0 Å². The lowest BCUT2D eigenvalue weighted by atomic mass is 10.2. The van der Waals surface area contributed by atoms with Gasteiger partial charge in [0.2, 0.25) is 0 Å². The lowest BCUT2D eigenvalue weighted by Crippen LogP contribution is -2.42. The van der Waals surface area contributed by atoms with E-state index in [-0.39, 0.29) is 0 Å². The predicted octanol–water partition coefficient (Wildman–Crippen LogP) is 2.35. The van der Waals surface area contributed by atoms with Crippen molar-refractivity contribution >= 4 is 35.0 Å². The minimum Gasteiger partial charge on any atom is -0.467 e. The molecule has 0 radical (unpaired) electrons. The van der Waals surface area contributed by atoms with Gasteiger partial charge in [-0.25, -0.2) is 4.79 Å². The highest BCUT2D eigenvalue weighted by Gasteiger charge is 2.41. The van der Waals surface area contributed by atoms with Crippen molar-refractivity contribution in [2.75, 3.05) is 20.8 Å². The van der Waals surface area contributed by atoms with E-state index in [2.05, 4.69) is 9.30 Å². The summed E-state index contributed by atoms with van der Waals surface area (Å²) in [4.78, 5) is 37.6. The number of hydrogen-bond donors (Lipinski definition) is 0. The van der Waals surface area contributed by atoms with Crippen LogP contribution in [0, 0.1) is 13.8 Å². The lowest BCUT2D eigenvalue weighted by Gasteiger charge is -2.18. The number of carbonyl (C=O) groups excluding carboxylic acids is 3. The Kier molecular flexibility index (Phi) is 6.07. The Morgan fingerprint density at radius 2 is 2.00 bits per heavy atom. The largest absolute Gasteiger partial charge is 0.467 e. The van der Waals surface area contributed by atoms with Crippen LogP contribution in [0.3, 0.4) is 0 Å². The lowest BCUT2D eigenvalue weighted by molar-refractivity contribution is -0.148. The topological polar surface area (TPSA) is 77.8 Å². The van der Waals surface area contributed by atoms with Gasteiger partial charge in [-0.2, -0.15) is 0 Å². The van der Waals surface area contributed by atoms with Gasteiger partial charge in [0.1, 0.15) is 6.04 Å². The number of carbonyl (C=O) groups is 3. The van der Waals surface area contributed by atoms with Crippen LogP contribution in [0.15, 0.2) is 11.0 Å². The Bertz CT molecular complexity index is 738. The molecule has 0 N–H and O–H groups in total. The van der Waals surface area contributed by atoms with Gasteiger partial charge in [-0.05, 0) is 50.2 Å². The van der Waals surface area contributed by atoms with Crippen molar-refractivity contribution in [3.8, 4) is 0 Å². The summed E-state index contributed by atoms with van der Waals surface area (Å²) in [6.07, 6.45) is 1.69. The molecular formula is C17H22N2O5S. The molecule has 1 fully saturated rings. The molecular weight excluding hydrogens is 344 g/mol. The third kappa shape index (κ3) is 3.80. The van der Waals surface area contributed by atoms with Crippen molar-refractivity contribution in [2.24, 2.45) is 0 Å². The molecule has 8 heteroatoms. The predicted molar refractivity (Wildman–Crippen MR) is 95.1 cm³/mol. The third-order valence-electron chi connectivity index (χ3n) is 4.17. The molecule has 25 heavy (non-hydrogen) atoms. The van der Waals surface area contributed by atoms with Gasteiger partial charge in [-0.1, -0.05) is 0 Å². The number of esters is 1. The zero-order chi connectivity index (χ0) is 18.7. The molecule has 0 saturated carbocycles. The fourth-order valence-corrected chi connectivity index (χ4v) is 3.63. The van der Waals surface area contributed by atoms with Crippen molar-refractivity contribution < 1.29 is 23.9 Å². The molecule has 1 aliphatic heterocycles. The summed E-state index contributed by atoms with van der Waals surface area (Å²) < 4.78 is 11.8. The molecule has 0 aromatic carbocycles. The first-order valence-corrected chi connectivity index (χ1v) is 8.64. The number of imide groups is 1. The maximum Gasteiger partial charge on any atom is 0.328 e. The van der Waals surface area contributed by atoms with E-state index in [1.54, 1.807) is 13.2 Å². The van der Waals surface area contributed by atoms with E-state index >= 15 is 0 Å². The van der Waals surface area contributed by atoms with Crippen molar-refractivity contribution in [3.05, 3.63) is 27.9 Å². The van der Waals surface area contributed by atoms with E-state index in [1.807, 2.05) is 19.9 Å². The molecule has 2 rings (SSSR count). The van der Waals surface area contributed by atoms with Crippen LogP contribution in [0.4, 0.5) is 4.79 Å². The first kappa shape index (κ1) is 19.3. The number of methoxy groups -OCH3 is 2. The van der Waals surface area contributed by atoms with Crippen LogP contribution in [0.5, 0.6) is 0 Å². The average molecular weight is 366 g/mol. The van der Waals surface area contributed by atoms with Crippen molar-refractivity contribution in [3.63, 3.8) is 0 Å². The Hall–Kier alpha value is -2.06. The number of ether oxygens (including phenoxy) is 2. The number of thioether (sulfide) groups is 1. The quantitative estimate of drug-likeness (QED) is 0.568. The summed E-state index contributed by atoms with van der Waals surface area (Å²) in [6.45, 7) is 6.70. The van der Waals surface area contributed by atoms with Crippen LogP contribution in [0.25, 0.3) is 6.08 Å². The molecule has 0 unspecified atom stereocenters. The van der Waals surface area contributed by atoms with Gasteiger partial charge in [0.25, 0.3) is 11.1 Å². The molecule has 0 aliphatic carbocycles. The van der Waals surface area contributed by atoms with E-state index in [0.29, 0.717) is 18.1 Å². The van der Waals surface area contributed by atoms with Crippen LogP contribution < -0.4 is 0 Å². The number of rotatable bonds is 6. The van der Waals surface area contributed by atoms with Gasteiger partial charge < -0.3 is 14.0 Å². The Balaban J connectivity index is 2.29. The Morgan fingerprint density at radius 3 is 2.60 bits per heavy atom. The fraction of sp³-hybridized carbons (Fsp3) is 0.471. The second kappa shape index (κ2) is 7.88. The summed E-state index contributed by atoms with van der Waals surface area (Å²) in [5.74, 6) is -1.10. The second-order valence-electron chi connectivity index (χ2n) is 5.72. The fourth-order valence-electron chi connectivity index (χ4n) is 2.73. The highest BCUT2D eigenvalue weighted by atomic mass is 32.2. The van der Waals surface area contributed by atoms with E-state index < -0.39 is 23.2 Å². The maximum atomic E-state index is 12.5. The highest BCUT2D eigenvalue weighted by Crippen LogP contribution is 2.34. The second-order valence-corrected chi connectivity index (χ2v) is 6.71. The summed E-state index contributed by atoms with van der Waals surface area (Å²) >= 11 is 0.831. The van der Waals surface area contributed by atoms with Crippen molar-refractivity contribution in [1.82, 2.24) is 9.47 Å². The number of amides is 2. The summed E-state index contributed by atoms with van der Waals surface area (Å²) in [5, 5.41) is -0.470. The first-order chi connectivity index (χ1) is 11.8. The summed E-state index contributed by atoms with van der Waals surface area (Å²) in [5.41, 5.74) is 2.90. The van der Waals surface area contributed by atoms with Gasteiger partial charge in [0.05, 0.1) is 18.6 Å². The van der Waals surface area contributed by atoms with Gasteiger partial charge in [0.15, 0.2) is 0 Å². The molecule has 0 bridgehead atoms. The average Bonchev–Trinajstić information content (AvgIpc) is 3.00. The summed E-state index contributed by atoms with van der Waals surface area (Å²) in [7, 11) is 2.87. The molecule has 1 aromatic heterocycles. The van der Waals surface area contributed by atoms with Crippen LogP contribution in [-0.2, 0) is 25.6 Å². The number of hydrogen-bond acceptors (Lipinski definition) is 6. The van der Waals surface area contributed by atoms with Gasteiger partial charge in [0, 0.05) is 25.0 Å². The molecule has 1 saturated heterocycles. The zero-order valence-electron chi connectivity index (χ0n) is 15.0. The molecule has 7 nitrogen and oxygen atoms in total. The van der Waals surface area contributed by atoms with Gasteiger partial charge in [-0.3, -0.25) is 14.5 Å². The maximum absolute atomic E-state index is 12.5. The smallest absolute Gasteiger partial charge is 0.328 e. The van der Waals surface area contributed by atoms with Crippen LogP contribution in [-0.4, -0.2) is 53.5 Å². The summed E-state index contributed by atoms with van der Waals surface area (Å²) in [6, 6.07) is 1.01. The monoisotopic (exact) mass is 366 g/mol. The Labute approximate surface area is 150 Å². The molecule has 2 amide bonds. The first-order valence-electron chi connectivity index (χ1n) is 7.82. The SMILES string of the molecule is COCCn1c(C)cc(/C=C2\SC(=O)N([C@@H](C)C(=O)OC)C2=O)c1C. The molecule has 1 aliphatic rings. The van der Waals surface area contributed by atoms with E-state index in [0.717, 1.165) is 33.6 Å². The van der Waals surface area contributed by atoms with E-state index in [4.69, 9.17) is 4.74 Å². The van der Waals surface area contributed by atoms with E-state index in [1.165, 1.54) is 14.0 Å². The minimum atomic E-state index is -0.947. The van der Waals surface area contributed by atoms with E-state index in [9.17, 15) is 14.4 Å². The molecule has 1 atom stereocenters. The molecule has 2 heterocycles. The van der Waals surface area contributed by atoms with Crippen LogP contribution >= 0.6 is 11.8 Å². The standard InChI is InChI=1S/C17H22N2O5S/c1-10-8-13(11(2)18(10)6-7-23-4)9-14-15(20)19(17(22)25-14)12(3)16(21)24-5/h8-9,12H,6-7H2,1-5H3/b14-9-/t12-/m0/s1. The number of aryl methyl sites for hydroxylation is 1. The minimum absolute atomic E-state index is 0.299.